The number of morpholine rings is 1. The lowest BCUT2D eigenvalue weighted by Crippen LogP contribution is -2.47. The third-order valence-electron chi connectivity index (χ3n) is 2.59. The molecule has 90 valence electrons. The van der Waals surface area contributed by atoms with Crippen molar-refractivity contribution in [1.82, 2.24) is 4.90 Å². The molecule has 1 unspecified atom stereocenters. The molecule has 1 aliphatic rings. The number of β-amino-alcohol motifs (C(OH)–C–C–N with tert-alkyl or cyclic N) is 1. The quantitative estimate of drug-likeness (QED) is 0.755. The molecule has 2 amide bonds. The molecule has 1 N–H and O–H groups in total. The first-order chi connectivity index (χ1) is 8.18. The highest BCUT2D eigenvalue weighted by molar-refractivity contribution is 5.98. The minimum Gasteiger partial charge on any atom is -0.387 e. The number of ether oxygens (including phenoxy) is 1. The van der Waals surface area contributed by atoms with Crippen molar-refractivity contribution < 1.29 is 19.4 Å². The third kappa shape index (κ3) is 2.69. The van der Waals surface area contributed by atoms with Crippen LogP contribution in [-0.4, -0.2) is 41.6 Å². The van der Waals surface area contributed by atoms with Gasteiger partial charge in [0.15, 0.2) is 0 Å². The molecule has 0 saturated carbocycles. The summed E-state index contributed by atoms with van der Waals surface area (Å²) in [6.45, 7) is -0.231. The van der Waals surface area contributed by atoms with Crippen LogP contribution in [0.4, 0.5) is 0 Å². The first-order valence-corrected chi connectivity index (χ1v) is 5.32. The Morgan fingerprint density at radius 3 is 2.35 bits per heavy atom. The molecular formula is C12H13NO4. The number of nitrogens with zero attached hydrogens (tertiary/aromatic N) is 1. The largest absolute Gasteiger partial charge is 0.387 e. The van der Waals surface area contributed by atoms with Gasteiger partial charge in [0.25, 0.3) is 11.8 Å². The maximum absolute atomic E-state index is 11.4. The second kappa shape index (κ2) is 5.07. The average Bonchev–Trinajstić information content (AvgIpc) is 2.35. The zero-order valence-electron chi connectivity index (χ0n) is 9.20. The number of aliphatic hydroxyl groups excluding tert-OH is 1. The zero-order valence-corrected chi connectivity index (χ0v) is 9.20. The molecule has 1 aromatic carbocycles. The van der Waals surface area contributed by atoms with E-state index in [-0.39, 0.29) is 19.8 Å². The Labute approximate surface area is 98.6 Å². The van der Waals surface area contributed by atoms with Gasteiger partial charge in [-0.3, -0.25) is 14.5 Å². The standard InChI is InChI=1S/C12H13NO4/c14-10(9-4-2-1-3-5-9)6-13-11(15)7-17-8-12(13)16/h1-5,10,14H,6-8H2. The molecule has 0 aliphatic carbocycles. The van der Waals surface area contributed by atoms with E-state index in [4.69, 9.17) is 4.74 Å². The highest BCUT2D eigenvalue weighted by atomic mass is 16.5. The number of carbonyl (C=O) groups is 2. The number of imide groups is 1. The molecule has 5 nitrogen and oxygen atoms in total. The van der Waals surface area contributed by atoms with Crippen LogP contribution in [0.3, 0.4) is 0 Å². The predicted octanol–water partition coefficient (Wildman–Crippen LogP) is 0.105. The number of amides is 2. The first-order valence-electron chi connectivity index (χ1n) is 5.32. The van der Waals surface area contributed by atoms with E-state index in [1.165, 1.54) is 0 Å². The Hall–Kier alpha value is -1.72. The molecule has 1 heterocycles. The molecule has 1 atom stereocenters. The van der Waals surface area contributed by atoms with Crippen molar-refractivity contribution in [2.45, 2.75) is 6.10 Å². The fraction of sp³-hybridized carbons (Fsp3) is 0.333. The summed E-state index contributed by atoms with van der Waals surface area (Å²) in [5.41, 5.74) is 0.680. The molecule has 0 bridgehead atoms. The van der Waals surface area contributed by atoms with Gasteiger partial charge >= 0.3 is 0 Å². The smallest absolute Gasteiger partial charge is 0.255 e. The van der Waals surface area contributed by atoms with Crippen LogP contribution in [0.25, 0.3) is 0 Å². The summed E-state index contributed by atoms with van der Waals surface area (Å²) in [4.78, 5) is 23.9. The van der Waals surface area contributed by atoms with Gasteiger partial charge in [0.2, 0.25) is 0 Å². The number of hydrogen-bond donors (Lipinski definition) is 1. The highest BCUT2D eigenvalue weighted by Crippen LogP contribution is 2.15. The molecule has 1 saturated heterocycles. The summed E-state index contributed by atoms with van der Waals surface area (Å²) in [6, 6.07) is 8.92. The first kappa shape index (κ1) is 11.8. The number of aliphatic hydroxyl groups is 1. The van der Waals surface area contributed by atoms with Gasteiger partial charge in [0.1, 0.15) is 13.2 Å². The van der Waals surface area contributed by atoms with Crippen LogP contribution in [-0.2, 0) is 14.3 Å². The Kier molecular flexibility index (Phi) is 3.51. The van der Waals surface area contributed by atoms with Crippen molar-refractivity contribution in [3.63, 3.8) is 0 Å². The SMILES string of the molecule is O=C1COCC(=O)N1CC(O)c1ccccc1. The molecule has 17 heavy (non-hydrogen) atoms. The Balaban J connectivity index is 2.05. The Bertz CT molecular complexity index is 402. The van der Waals surface area contributed by atoms with Gasteiger partial charge in [0, 0.05) is 0 Å². The van der Waals surface area contributed by atoms with Crippen LogP contribution < -0.4 is 0 Å². The number of carbonyl (C=O) groups excluding carboxylic acids is 2. The highest BCUT2D eigenvalue weighted by Gasteiger charge is 2.28. The van der Waals surface area contributed by atoms with E-state index < -0.39 is 17.9 Å². The van der Waals surface area contributed by atoms with E-state index in [1.54, 1.807) is 24.3 Å². The second-order valence-corrected chi connectivity index (χ2v) is 3.82. The molecule has 0 spiro atoms. The molecule has 0 aromatic heterocycles. The van der Waals surface area contributed by atoms with Crippen molar-refractivity contribution in [1.29, 1.82) is 0 Å². The van der Waals surface area contributed by atoms with Crippen LogP contribution in [0.5, 0.6) is 0 Å². The monoisotopic (exact) mass is 235 g/mol. The Morgan fingerprint density at radius 2 is 1.76 bits per heavy atom. The maximum atomic E-state index is 11.4. The van der Waals surface area contributed by atoms with E-state index >= 15 is 0 Å². The minimum atomic E-state index is -0.859. The van der Waals surface area contributed by atoms with Crippen molar-refractivity contribution in [2.24, 2.45) is 0 Å². The van der Waals surface area contributed by atoms with Crippen LogP contribution in [0.15, 0.2) is 30.3 Å². The lowest BCUT2D eigenvalue weighted by Gasteiger charge is -2.27. The average molecular weight is 235 g/mol. The van der Waals surface area contributed by atoms with E-state index in [1.807, 2.05) is 6.07 Å². The fourth-order valence-electron chi connectivity index (χ4n) is 1.68. The molecule has 1 aliphatic heterocycles. The van der Waals surface area contributed by atoms with E-state index in [0.717, 1.165) is 4.90 Å². The molecular weight excluding hydrogens is 222 g/mol. The van der Waals surface area contributed by atoms with Gasteiger partial charge in [-0.25, -0.2) is 0 Å². The van der Waals surface area contributed by atoms with Crippen LogP contribution in [0.1, 0.15) is 11.7 Å². The maximum Gasteiger partial charge on any atom is 0.255 e. The number of benzene rings is 1. The lowest BCUT2D eigenvalue weighted by molar-refractivity contribution is -0.160. The summed E-state index contributed by atoms with van der Waals surface area (Å²) in [7, 11) is 0. The summed E-state index contributed by atoms with van der Waals surface area (Å²) >= 11 is 0. The van der Waals surface area contributed by atoms with Gasteiger partial charge in [0.05, 0.1) is 12.6 Å². The number of hydrogen-bond acceptors (Lipinski definition) is 4. The van der Waals surface area contributed by atoms with Crippen molar-refractivity contribution >= 4 is 11.8 Å². The fourth-order valence-corrected chi connectivity index (χ4v) is 1.68. The Morgan fingerprint density at radius 1 is 1.18 bits per heavy atom. The molecule has 5 heteroatoms. The van der Waals surface area contributed by atoms with E-state index in [9.17, 15) is 14.7 Å². The normalized spacial score (nSPS) is 18.3. The summed E-state index contributed by atoms with van der Waals surface area (Å²) in [5, 5.41) is 9.92. The van der Waals surface area contributed by atoms with Crippen LogP contribution >= 0.6 is 0 Å². The lowest BCUT2D eigenvalue weighted by atomic mass is 10.1. The van der Waals surface area contributed by atoms with Gasteiger partial charge in [-0.1, -0.05) is 30.3 Å². The molecule has 1 aromatic rings. The predicted molar refractivity (Wildman–Crippen MR) is 58.9 cm³/mol. The molecule has 0 radical (unpaired) electrons. The summed E-state index contributed by atoms with van der Waals surface area (Å²) in [5.74, 6) is -0.813. The second-order valence-electron chi connectivity index (χ2n) is 3.82. The minimum absolute atomic E-state index is 0.0228. The van der Waals surface area contributed by atoms with Crippen molar-refractivity contribution in [3.05, 3.63) is 35.9 Å². The third-order valence-corrected chi connectivity index (χ3v) is 2.59. The van der Waals surface area contributed by atoms with E-state index in [0.29, 0.717) is 5.56 Å². The van der Waals surface area contributed by atoms with Gasteiger partial charge in [-0.2, -0.15) is 0 Å². The van der Waals surface area contributed by atoms with Crippen LogP contribution in [0, 0.1) is 0 Å². The summed E-state index contributed by atoms with van der Waals surface area (Å²) < 4.78 is 4.79. The summed E-state index contributed by atoms with van der Waals surface area (Å²) in [6.07, 6.45) is -0.859. The van der Waals surface area contributed by atoms with E-state index in [2.05, 4.69) is 0 Å². The topological polar surface area (TPSA) is 66.8 Å². The zero-order chi connectivity index (χ0) is 12.3. The van der Waals surface area contributed by atoms with Gasteiger partial charge in [-0.05, 0) is 5.56 Å². The van der Waals surface area contributed by atoms with Gasteiger partial charge < -0.3 is 9.84 Å². The van der Waals surface area contributed by atoms with Crippen molar-refractivity contribution in [2.75, 3.05) is 19.8 Å². The molecule has 2 rings (SSSR count). The molecule has 1 fully saturated rings. The van der Waals surface area contributed by atoms with Crippen LogP contribution in [0.2, 0.25) is 0 Å². The van der Waals surface area contributed by atoms with Crippen molar-refractivity contribution in [3.8, 4) is 0 Å². The van der Waals surface area contributed by atoms with Gasteiger partial charge in [-0.15, -0.1) is 0 Å². The number of rotatable bonds is 3.